The number of likely N-dealkylation sites (tertiary alicyclic amines) is 1. The summed E-state index contributed by atoms with van der Waals surface area (Å²) in [7, 11) is 0. The maximum atomic E-state index is 10.8. The molecule has 15 heavy (non-hydrogen) atoms. The van der Waals surface area contributed by atoms with E-state index in [1.165, 1.54) is 19.5 Å². The molecule has 1 N–H and O–H groups in total. The van der Waals surface area contributed by atoms with Crippen LogP contribution in [0.4, 0.5) is 0 Å². The van der Waals surface area contributed by atoms with Crippen molar-refractivity contribution in [3.63, 3.8) is 0 Å². The first-order chi connectivity index (χ1) is 7.22. The van der Waals surface area contributed by atoms with Gasteiger partial charge in [0.2, 0.25) is 0 Å². The monoisotopic (exact) mass is 209 g/mol. The summed E-state index contributed by atoms with van der Waals surface area (Å²) in [5.41, 5.74) is 0. The Kier molecular flexibility index (Phi) is 2.23. The van der Waals surface area contributed by atoms with Crippen LogP contribution in [0.15, 0.2) is 0 Å². The highest BCUT2D eigenvalue weighted by Gasteiger charge is 2.45. The molecule has 0 aromatic carbocycles. The van der Waals surface area contributed by atoms with Gasteiger partial charge in [0.15, 0.2) is 0 Å². The van der Waals surface area contributed by atoms with Crippen LogP contribution < -0.4 is 0 Å². The smallest absolute Gasteiger partial charge is 0.306 e. The zero-order valence-corrected chi connectivity index (χ0v) is 9.06. The predicted molar refractivity (Wildman–Crippen MR) is 56.5 cm³/mol. The van der Waals surface area contributed by atoms with Gasteiger partial charge in [0.1, 0.15) is 0 Å². The van der Waals surface area contributed by atoms with Crippen LogP contribution in [0.2, 0.25) is 0 Å². The molecule has 3 rings (SSSR count). The lowest BCUT2D eigenvalue weighted by molar-refractivity contribution is -0.141. The summed E-state index contributed by atoms with van der Waals surface area (Å²) in [6, 6.07) is 0. The van der Waals surface area contributed by atoms with E-state index in [0.29, 0.717) is 5.92 Å². The molecule has 0 spiro atoms. The molecule has 1 saturated heterocycles. The average molecular weight is 209 g/mol. The number of hydrogen-bond donors (Lipinski definition) is 1. The third-order valence-electron chi connectivity index (χ3n) is 4.46. The largest absolute Gasteiger partial charge is 0.481 e. The van der Waals surface area contributed by atoms with Crippen LogP contribution in [-0.2, 0) is 4.79 Å². The van der Waals surface area contributed by atoms with Gasteiger partial charge >= 0.3 is 5.97 Å². The first-order valence-corrected chi connectivity index (χ1v) is 6.17. The van der Waals surface area contributed by atoms with Gasteiger partial charge in [-0.25, -0.2) is 0 Å². The first kappa shape index (κ1) is 9.64. The molecule has 2 saturated carbocycles. The fourth-order valence-corrected chi connectivity index (χ4v) is 3.47. The Bertz CT molecular complexity index is 269. The van der Waals surface area contributed by atoms with Crippen LogP contribution in [-0.4, -0.2) is 35.6 Å². The number of rotatable bonds is 3. The number of piperidine rings is 1. The van der Waals surface area contributed by atoms with E-state index in [1.54, 1.807) is 0 Å². The Hall–Kier alpha value is -0.570. The number of nitrogens with zero attached hydrogens (tertiary/aromatic N) is 1. The van der Waals surface area contributed by atoms with Gasteiger partial charge in [-0.05, 0) is 43.4 Å². The molecule has 3 nitrogen and oxygen atoms in total. The van der Waals surface area contributed by atoms with Gasteiger partial charge in [0.25, 0.3) is 0 Å². The highest BCUT2D eigenvalue weighted by molar-refractivity contribution is 5.70. The van der Waals surface area contributed by atoms with E-state index in [4.69, 9.17) is 5.11 Å². The molecular formula is C12H19NO2. The highest BCUT2D eigenvalue weighted by Crippen LogP contribution is 2.45. The lowest BCUT2D eigenvalue weighted by atomic mass is 10.0. The number of carbonyl (C=O) groups is 1. The maximum absolute atomic E-state index is 10.8. The summed E-state index contributed by atoms with van der Waals surface area (Å²) in [6.45, 7) is 3.74. The number of fused-ring (bicyclic) bond motifs is 1. The van der Waals surface area contributed by atoms with Crippen molar-refractivity contribution < 1.29 is 9.90 Å². The second-order valence-electron chi connectivity index (χ2n) is 5.69. The summed E-state index contributed by atoms with van der Waals surface area (Å²) in [5, 5.41) is 8.93. The van der Waals surface area contributed by atoms with Crippen molar-refractivity contribution in [2.24, 2.45) is 23.7 Å². The second kappa shape index (κ2) is 3.48. The molecule has 4 atom stereocenters. The van der Waals surface area contributed by atoms with Gasteiger partial charge in [-0.1, -0.05) is 0 Å². The van der Waals surface area contributed by atoms with E-state index in [0.717, 1.165) is 37.6 Å². The summed E-state index contributed by atoms with van der Waals surface area (Å²) in [4.78, 5) is 13.4. The third kappa shape index (κ3) is 1.89. The molecule has 0 amide bonds. The highest BCUT2D eigenvalue weighted by atomic mass is 16.4. The summed E-state index contributed by atoms with van der Waals surface area (Å²) in [6.07, 6.45) is 4.41. The van der Waals surface area contributed by atoms with Gasteiger partial charge in [-0.3, -0.25) is 4.79 Å². The van der Waals surface area contributed by atoms with Crippen molar-refractivity contribution in [2.75, 3.05) is 19.6 Å². The van der Waals surface area contributed by atoms with Crippen LogP contribution in [0.1, 0.15) is 25.7 Å². The summed E-state index contributed by atoms with van der Waals surface area (Å²) >= 11 is 0. The lowest BCUT2D eigenvalue weighted by Crippen LogP contribution is -2.28. The Morgan fingerprint density at radius 1 is 1.20 bits per heavy atom. The second-order valence-corrected chi connectivity index (χ2v) is 5.69. The minimum atomic E-state index is -0.582. The topological polar surface area (TPSA) is 40.5 Å². The fraction of sp³-hybridized carbons (Fsp3) is 0.917. The Balaban J connectivity index is 1.46. The van der Waals surface area contributed by atoms with E-state index in [1.807, 2.05) is 0 Å². The zero-order valence-electron chi connectivity index (χ0n) is 9.06. The molecule has 3 heteroatoms. The molecule has 0 aromatic heterocycles. The van der Waals surface area contributed by atoms with E-state index in [-0.39, 0.29) is 5.92 Å². The minimum absolute atomic E-state index is 0.0489. The molecule has 0 aromatic rings. The van der Waals surface area contributed by atoms with Gasteiger partial charge in [0.05, 0.1) is 5.92 Å². The van der Waals surface area contributed by atoms with Crippen molar-refractivity contribution in [2.45, 2.75) is 25.7 Å². The summed E-state index contributed by atoms with van der Waals surface area (Å²) in [5.74, 6) is 2.03. The zero-order chi connectivity index (χ0) is 10.4. The number of carboxylic acid groups (broad SMARTS) is 1. The van der Waals surface area contributed by atoms with Crippen LogP contribution in [0, 0.1) is 23.7 Å². The Labute approximate surface area is 90.5 Å². The van der Waals surface area contributed by atoms with Crippen LogP contribution >= 0.6 is 0 Å². The molecule has 0 radical (unpaired) electrons. The van der Waals surface area contributed by atoms with Gasteiger partial charge in [-0.15, -0.1) is 0 Å². The summed E-state index contributed by atoms with van der Waals surface area (Å²) < 4.78 is 0. The molecule has 4 unspecified atom stereocenters. The predicted octanol–water partition coefficient (Wildman–Crippen LogP) is 1.44. The standard InChI is InChI=1S/C12H19NO2/c14-12(15)9-2-1-8(3-9)5-13-6-10-4-11(10)7-13/h8-11H,1-7H2,(H,14,15). The van der Waals surface area contributed by atoms with Crippen LogP contribution in [0.3, 0.4) is 0 Å². The molecule has 3 fully saturated rings. The molecule has 1 heterocycles. The Morgan fingerprint density at radius 3 is 2.53 bits per heavy atom. The number of carboxylic acids is 1. The van der Waals surface area contributed by atoms with E-state index in [2.05, 4.69) is 4.90 Å². The third-order valence-corrected chi connectivity index (χ3v) is 4.46. The van der Waals surface area contributed by atoms with Crippen molar-refractivity contribution >= 4 is 5.97 Å². The fourth-order valence-electron chi connectivity index (χ4n) is 3.47. The number of aliphatic carboxylic acids is 1. The van der Waals surface area contributed by atoms with E-state index >= 15 is 0 Å². The van der Waals surface area contributed by atoms with E-state index < -0.39 is 5.97 Å². The normalized spacial score (nSPS) is 44.3. The van der Waals surface area contributed by atoms with Gasteiger partial charge < -0.3 is 10.0 Å². The van der Waals surface area contributed by atoms with Crippen molar-refractivity contribution in [1.29, 1.82) is 0 Å². The maximum Gasteiger partial charge on any atom is 0.306 e. The van der Waals surface area contributed by atoms with Crippen LogP contribution in [0.25, 0.3) is 0 Å². The quantitative estimate of drug-likeness (QED) is 0.764. The number of hydrogen-bond acceptors (Lipinski definition) is 2. The minimum Gasteiger partial charge on any atom is -0.481 e. The first-order valence-electron chi connectivity index (χ1n) is 6.17. The van der Waals surface area contributed by atoms with Crippen molar-refractivity contribution in [1.82, 2.24) is 4.90 Å². The van der Waals surface area contributed by atoms with Gasteiger partial charge in [0, 0.05) is 19.6 Å². The molecule has 2 aliphatic carbocycles. The van der Waals surface area contributed by atoms with E-state index in [9.17, 15) is 4.79 Å². The molecule has 0 bridgehead atoms. The molecular weight excluding hydrogens is 190 g/mol. The Morgan fingerprint density at radius 2 is 1.93 bits per heavy atom. The lowest BCUT2D eigenvalue weighted by Gasteiger charge is -2.21. The molecule has 3 aliphatic rings. The van der Waals surface area contributed by atoms with Gasteiger partial charge in [-0.2, -0.15) is 0 Å². The SMILES string of the molecule is O=C(O)C1CCC(CN2CC3CC3C2)C1. The van der Waals surface area contributed by atoms with Crippen molar-refractivity contribution in [3.05, 3.63) is 0 Å². The molecule has 1 aliphatic heterocycles. The molecule has 84 valence electrons. The average Bonchev–Trinajstić information content (AvgIpc) is 2.66. The van der Waals surface area contributed by atoms with Crippen LogP contribution in [0.5, 0.6) is 0 Å². The van der Waals surface area contributed by atoms with Crippen molar-refractivity contribution in [3.8, 4) is 0 Å².